The highest BCUT2D eigenvalue weighted by molar-refractivity contribution is 6.25. The molecule has 28 heavy (non-hydrogen) atoms. The van der Waals surface area contributed by atoms with E-state index in [9.17, 15) is 9.59 Å². The lowest BCUT2D eigenvalue weighted by Gasteiger charge is -2.25. The molecule has 1 aromatic carbocycles. The summed E-state index contributed by atoms with van der Waals surface area (Å²) in [4.78, 5) is 26.1. The normalized spacial score (nSPS) is 15.5. The highest BCUT2D eigenvalue weighted by Gasteiger charge is 2.36. The van der Waals surface area contributed by atoms with Gasteiger partial charge in [0.15, 0.2) is 5.76 Å². The lowest BCUT2D eigenvalue weighted by atomic mass is 9.83. The summed E-state index contributed by atoms with van der Waals surface area (Å²) in [6.07, 6.45) is 3.74. The molecule has 1 N–H and O–H groups in total. The Morgan fingerprint density at radius 2 is 1.71 bits per heavy atom. The molecule has 1 atom stereocenters. The second kappa shape index (κ2) is 9.40. The van der Waals surface area contributed by atoms with E-state index in [4.69, 9.17) is 9.47 Å². The number of nitrogens with one attached hydrogen (secondary N) is 1. The van der Waals surface area contributed by atoms with E-state index in [1.54, 1.807) is 26.2 Å². The summed E-state index contributed by atoms with van der Waals surface area (Å²) >= 11 is 0. The third-order valence-electron chi connectivity index (χ3n) is 4.85. The van der Waals surface area contributed by atoms with Crippen LogP contribution in [0.25, 0.3) is 0 Å². The zero-order valence-corrected chi connectivity index (χ0v) is 17.5. The molecule has 0 bridgehead atoms. The number of Topliss-reactive ketones (excluding diaryl/α,β-unsaturated/α-hetero) is 2. The van der Waals surface area contributed by atoms with Gasteiger partial charge in [0.05, 0.1) is 25.5 Å². The molecule has 0 amide bonds. The number of methoxy groups -OCH3 is 2. The molecule has 0 radical (unpaired) electrons. The Morgan fingerprint density at radius 3 is 2.25 bits per heavy atom. The molecule has 0 saturated heterocycles. The van der Waals surface area contributed by atoms with Crippen molar-refractivity contribution in [1.82, 2.24) is 0 Å². The molecule has 2 rings (SSSR count). The minimum atomic E-state index is -0.248. The zero-order chi connectivity index (χ0) is 20.8. The van der Waals surface area contributed by atoms with Gasteiger partial charge in [0, 0.05) is 11.3 Å². The van der Waals surface area contributed by atoms with E-state index in [1.807, 2.05) is 32.9 Å². The number of hydrogen-bond donors (Lipinski definition) is 1. The maximum Gasteiger partial charge on any atom is 0.225 e. The molecular formula is C23H29NO4. The van der Waals surface area contributed by atoms with Crippen molar-refractivity contribution in [2.45, 2.75) is 40.5 Å². The number of benzene rings is 1. The van der Waals surface area contributed by atoms with Gasteiger partial charge in [0.25, 0.3) is 0 Å². The molecule has 1 aromatic rings. The predicted octanol–water partition coefficient (Wildman–Crippen LogP) is 4.82. The number of carbonyl (C=O) groups excluding carboxylic acids is 2. The van der Waals surface area contributed by atoms with Crippen LogP contribution in [0.4, 0.5) is 5.69 Å². The zero-order valence-electron chi connectivity index (χ0n) is 17.5. The third kappa shape index (κ3) is 4.71. The van der Waals surface area contributed by atoms with Crippen molar-refractivity contribution >= 4 is 17.3 Å². The first-order chi connectivity index (χ1) is 13.3. The minimum Gasteiger partial charge on any atom is -0.497 e. The lowest BCUT2D eigenvalue weighted by Crippen LogP contribution is -2.30. The molecule has 0 fully saturated rings. The highest BCUT2D eigenvalue weighted by Crippen LogP contribution is 2.32. The van der Waals surface area contributed by atoms with Crippen LogP contribution in [-0.4, -0.2) is 25.8 Å². The summed E-state index contributed by atoms with van der Waals surface area (Å²) in [7, 11) is 3.04. The fourth-order valence-corrected chi connectivity index (χ4v) is 3.20. The molecule has 1 aliphatic rings. The molecule has 1 unspecified atom stereocenters. The van der Waals surface area contributed by atoms with Crippen LogP contribution in [0.3, 0.4) is 0 Å². The minimum absolute atomic E-state index is 0.0947. The van der Waals surface area contributed by atoms with E-state index in [-0.39, 0.29) is 23.2 Å². The fraction of sp³-hybridized carbons (Fsp3) is 0.391. The van der Waals surface area contributed by atoms with Crippen LogP contribution in [0.1, 0.15) is 40.5 Å². The van der Waals surface area contributed by atoms with Gasteiger partial charge >= 0.3 is 0 Å². The number of ether oxygens (including phenoxy) is 2. The number of anilines is 1. The van der Waals surface area contributed by atoms with Crippen LogP contribution < -0.4 is 10.1 Å². The monoisotopic (exact) mass is 383 g/mol. The van der Waals surface area contributed by atoms with Crippen LogP contribution in [0.2, 0.25) is 0 Å². The van der Waals surface area contributed by atoms with Gasteiger partial charge in [-0.1, -0.05) is 18.6 Å². The Balaban J connectivity index is 2.32. The largest absolute Gasteiger partial charge is 0.497 e. The Kier molecular flexibility index (Phi) is 7.21. The third-order valence-corrected chi connectivity index (χ3v) is 4.85. The van der Waals surface area contributed by atoms with Crippen LogP contribution >= 0.6 is 0 Å². The summed E-state index contributed by atoms with van der Waals surface area (Å²) in [6.45, 7) is 7.70. The first-order valence-electron chi connectivity index (χ1n) is 9.43. The van der Waals surface area contributed by atoms with Crippen LogP contribution in [0.5, 0.6) is 5.75 Å². The molecular weight excluding hydrogens is 354 g/mol. The van der Waals surface area contributed by atoms with Crippen LogP contribution in [0, 0.1) is 5.92 Å². The quantitative estimate of drug-likeness (QED) is 0.515. The average Bonchev–Trinajstić information content (AvgIpc) is 2.67. The molecule has 0 saturated carbocycles. The van der Waals surface area contributed by atoms with Gasteiger partial charge in [-0.2, -0.15) is 0 Å². The Labute approximate surface area is 167 Å². The first-order valence-corrected chi connectivity index (χ1v) is 9.43. The first kappa shape index (κ1) is 21.5. The van der Waals surface area contributed by atoms with Crippen molar-refractivity contribution in [1.29, 1.82) is 0 Å². The molecule has 1 aliphatic carbocycles. The summed E-state index contributed by atoms with van der Waals surface area (Å²) in [5.41, 5.74) is 3.06. The van der Waals surface area contributed by atoms with E-state index >= 15 is 0 Å². The molecule has 0 aromatic heterocycles. The second-order valence-corrected chi connectivity index (χ2v) is 7.22. The van der Waals surface area contributed by atoms with E-state index in [2.05, 4.69) is 11.4 Å². The molecule has 0 heterocycles. The van der Waals surface area contributed by atoms with Crippen molar-refractivity contribution in [2.24, 2.45) is 5.92 Å². The summed E-state index contributed by atoms with van der Waals surface area (Å²) < 4.78 is 10.5. The van der Waals surface area contributed by atoms with Crippen LogP contribution in [-0.2, 0) is 14.3 Å². The number of hydrogen-bond acceptors (Lipinski definition) is 5. The van der Waals surface area contributed by atoms with Gasteiger partial charge < -0.3 is 14.8 Å². The summed E-state index contributed by atoms with van der Waals surface area (Å²) in [5.74, 6) is 0.351. The van der Waals surface area contributed by atoms with Gasteiger partial charge in [-0.3, -0.25) is 9.59 Å². The van der Waals surface area contributed by atoms with Crippen molar-refractivity contribution < 1.29 is 19.1 Å². The Morgan fingerprint density at radius 1 is 1.07 bits per heavy atom. The smallest absolute Gasteiger partial charge is 0.225 e. The van der Waals surface area contributed by atoms with E-state index < -0.39 is 0 Å². The SMILES string of the molecule is COC1=C(C(C)CCC=C(C)C)C(=O)C(Nc2ccc(OC)cc2)=C(C)C1=O. The van der Waals surface area contributed by atoms with Crippen molar-refractivity contribution in [3.05, 3.63) is 58.5 Å². The molecule has 0 spiro atoms. The van der Waals surface area contributed by atoms with Gasteiger partial charge in [-0.25, -0.2) is 0 Å². The molecule has 5 nitrogen and oxygen atoms in total. The van der Waals surface area contributed by atoms with Gasteiger partial charge in [-0.05, 0) is 63.8 Å². The Hall–Kier alpha value is -2.82. The molecule has 5 heteroatoms. The van der Waals surface area contributed by atoms with Crippen molar-refractivity contribution in [3.8, 4) is 5.75 Å². The predicted molar refractivity (Wildman–Crippen MR) is 111 cm³/mol. The van der Waals surface area contributed by atoms with E-state index in [0.29, 0.717) is 22.5 Å². The maximum atomic E-state index is 13.3. The standard InChI is InChI=1S/C23H29NO4/c1-14(2)8-7-9-15(3)19-22(26)20(16(4)21(25)23(19)28-6)24-17-10-12-18(27-5)13-11-17/h8,10-13,15,24H,7,9H2,1-6H3. The topological polar surface area (TPSA) is 64.6 Å². The number of rotatable bonds is 8. The fourth-order valence-electron chi connectivity index (χ4n) is 3.20. The van der Waals surface area contributed by atoms with Crippen LogP contribution in [0.15, 0.2) is 58.5 Å². The maximum absolute atomic E-state index is 13.3. The molecule has 150 valence electrons. The second-order valence-electron chi connectivity index (χ2n) is 7.22. The van der Waals surface area contributed by atoms with Gasteiger partial charge in [0.2, 0.25) is 11.6 Å². The lowest BCUT2D eigenvalue weighted by molar-refractivity contribution is -0.119. The number of carbonyl (C=O) groups is 2. The van der Waals surface area contributed by atoms with Crippen molar-refractivity contribution in [3.63, 3.8) is 0 Å². The summed E-state index contributed by atoms with van der Waals surface area (Å²) in [6, 6.07) is 7.22. The van der Waals surface area contributed by atoms with Crippen molar-refractivity contribution in [2.75, 3.05) is 19.5 Å². The Bertz CT molecular complexity index is 840. The van der Waals surface area contributed by atoms with E-state index in [1.165, 1.54) is 12.7 Å². The molecule has 0 aliphatic heterocycles. The average molecular weight is 383 g/mol. The summed E-state index contributed by atoms with van der Waals surface area (Å²) in [5, 5.41) is 3.12. The number of allylic oxidation sites excluding steroid dienone is 4. The highest BCUT2D eigenvalue weighted by atomic mass is 16.5. The van der Waals surface area contributed by atoms with E-state index in [0.717, 1.165) is 18.6 Å². The number of ketones is 2. The van der Waals surface area contributed by atoms with Gasteiger partial charge in [0.1, 0.15) is 5.75 Å². The van der Waals surface area contributed by atoms with Gasteiger partial charge in [-0.15, -0.1) is 0 Å².